The lowest BCUT2D eigenvalue weighted by Gasteiger charge is -2.18. The molecule has 1 aliphatic rings. The molecule has 0 aliphatic carbocycles. The zero-order valence-corrected chi connectivity index (χ0v) is 16.3. The van der Waals surface area contributed by atoms with Crippen LogP contribution in [0.4, 0.5) is 5.69 Å². The topological polar surface area (TPSA) is 91.2 Å². The van der Waals surface area contributed by atoms with Gasteiger partial charge in [0.15, 0.2) is 11.5 Å². The van der Waals surface area contributed by atoms with Crippen molar-refractivity contribution in [2.45, 2.75) is 19.0 Å². The maximum atomic E-state index is 12.3. The van der Waals surface area contributed by atoms with Gasteiger partial charge in [-0.05, 0) is 59.7 Å². The Kier molecular flexibility index (Phi) is 5.16. The highest BCUT2D eigenvalue weighted by Gasteiger charge is 2.16. The van der Waals surface area contributed by atoms with Gasteiger partial charge in [-0.1, -0.05) is 17.8 Å². The van der Waals surface area contributed by atoms with Gasteiger partial charge in [-0.2, -0.15) is 4.68 Å². The van der Waals surface area contributed by atoms with E-state index in [4.69, 9.17) is 9.47 Å². The number of benzene rings is 2. The van der Waals surface area contributed by atoms with Gasteiger partial charge in [0, 0.05) is 11.8 Å². The molecule has 1 amide bonds. The van der Waals surface area contributed by atoms with E-state index in [2.05, 4.69) is 20.8 Å². The van der Waals surface area contributed by atoms with E-state index in [1.807, 2.05) is 50.2 Å². The molecule has 8 nitrogen and oxygen atoms in total. The predicted octanol–water partition coefficient (Wildman–Crippen LogP) is 2.78. The van der Waals surface area contributed by atoms with Crippen LogP contribution in [0.5, 0.6) is 11.5 Å². The summed E-state index contributed by atoms with van der Waals surface area (Å²) in [6.45, 7) is 5.09. The number of rotatable bonds is 5. The Bertz CT molecular complexity index is 1020. The number of aryl methyl sites for hydroxylation is 2. The summed E-state index contributed by atoms with van der Waals surface area (Å²) in [5.74, 6) is 1.43. The van der Waals surface area contributed by atoms with Crippen LogP contribution in [0.1, 0.15) is 11.1 Å². The van der Waals surface area contributed by atoms with Gasteiger partial charge in [0.2, 0.25) is 11.1 Å². The number of amides is 1. The molecule has 28 heavy (non-hydrogen) atoms. The van der Waals surface area contributed by atoms with E-state index in [9.17, 15) is 4.79 Å². The summed E-state index contributed by atoms with van der Waals surface area (Å²) in [5, 5.41) is 15.2. The van der Waals surface area contributed by atoms with Gasteiger partial charge < -0.3 is 14.8 Å². The van der Waals surface area contributed by atoms with E-state index >= 15 is 0 Å². The highest BCUT2D eigenvalue weighted by molar-refractivity contribution is 7.99. The quantitative estimate of drug-likeness (QED) is 0.662. The highest BCUT2D eigenvalue weighted by atomic mass is 32.2. The molecule has 0 saturated carbocycles. The van der Waals surface area contributed by atoms with Crippen molar-refractivity contribution >= 4 is 23.4 Å². The van der Waals surface area contributed by atoms with Crippen molar-refractivity contribution in [3.63, 3.8) is 0 Å². The average molecular weight is 397 g/mol. The molecule has 0 bridgehead atoms. The lowest BCUT2D eigenvalue weighted by atomic mass is 10.1. The van der Waals surface area contributed by atoms with Crippen molar-refractivity contribution in [2.75, 3.05) is 24.3 Å². The summed E-state index contributed by atoms with van der Waals surface area (Å²) in [7, 11) is 0. The maximum Gasteiger partial charge on any atom is 0.234 e. The molecule has 144 valence electrons. The number of hydrogen-bond donors (Lipinski definition) is 1. The summed E-state index contributed by atoms with van der Waals surface area (Å²) in [5.41, 5.74) is 3.84. The Balaban J connectivity index is 1.43. The molecule has 2 heterocycles. The molecule has 0 spiro atoms. The molecule has 1 aromatic heterocycles. The Hall–Kier alpha value is -3.07. The molecule has 0 atom stereocenters. The van der Waals surface area contributed by atoms with E-state index in [0.717, 1.165) is 16.9 Å². The van der Waals surface area contributed by atoms with Crippen molar-refractivity contribution in [3.8, 4) is 17.2 Å². The molecule has 0 radical (unpaired) electrons. The number of thioether (sulfide) groups is 1. The number of anilines is 1. The average Bonchev–Trinajstić information content (AvgIpc) is 3.17. The third-order valence-corrected chi connectivity index (χ3v) is 5.25. The van der Waals surface area contributed by atoms with E-state index < -0.39 is 0 Å². The Labute approximate surface area is 166 Å². The first-order valence-corrected chi connectivity index (χ1v) is 9.77. The molecule has 9 heteroatoms. The first-order valence-electron chi connectivity index (χ1n) is 8.78. The number of hydrogen-bond acceptors (Lipinski definition) is 7. The molecule has 0 saturated heterocycles. The third kappa shape index (κ3) is 3.94. The first kappa shape index (κ1) is 18.3. The predicted molar refractivity (Wildman–Crippen MR) is 105 cm³/mol. The summed E-state index contributed by atoms with van der Waals surface area (Å²) in [6.07, 6.45) is 0. The number of tetrazole rings is 1. The number of nitrogens with one attached hydrogen (secondary N) is 1. The fourth-order valence-corrected chi connectivity index (χ4v) is 3.43. The number of nitrogens with zero attached hydrogens (tertiary/aromatic N) is 4. The van der Waals surface area contributed by atoms with Crippen molar-refractivity contribution in [2.24, 2.45) is 0 Å². The smallest absolute Gasteiger partial charge is 0.234 e. The number of carbonyl (C=O) groups excluding carboxylic acids is 1. The van der Waals surface area contributed by atoms with E-state index in [1.165, 1.54) is 17.3 Å². The first-order chi connectivity index (χ1) is 13.6. The second-order valence-corrected chi connectivity index (χ2v) is 7.28. The summed E-state index contributed by atoms with van der Waals surface area (Å²) >= 11 is 1.26. The number of fused-ring (bicyclic) bond motifs is 1. The Morgan fingerprint density at radius 2 is 1.93 bits per heavy atom. The minimum absolute atomic E-state index is 0.120. The fraction of sp³-hybridized carbons (Fsp3) is 0.263. The standard InChI is InChI=1S/C19H19N5O3S/c1-12-3-4-14(9-13(12)2)20-18(25)11-28-19-21-22-23-24(19)15-5-6-16-17(10-15)27-8-7-26-16/h3-6,9-10H,7-8,11H2,1-2H3,(H,20,25). The molecule has 1 aliphatic heterocycles. The highest BCUT2D eigenvalue weighted by Crippen LogP contribution is 2.32. The minimum atomic E-state index is -0.120. The lowest BCUT2D eigenvalue weighted by Crippen LogP contribution is -2.16. The number of aromatic nitrogens is 4. The summed E-state index contributed by atoms with van der Waals surface area (Å²) in [4.78, 5) is 12.3. The second kappa shape index (κ2) is 7.89. The third-order valence-electron chi connectivity index (χ3n) is 4.33. The normalized spacial score (nSPS) is 12.6. The minimum Gasteiger partial charge on any atom is -0.486 e. The van der Waals surface area contributed by atoms with Crippen molar-refractivity contribution in [1.29, 1.82) is 0 Å². The molecular formula is C19H19N5O3S. The van der Waals surface area contributed by atoms with Gasteiger partial charge in [-0.3, -0.25) is 4.79 Å². The van der Waals surface area contributed by atoms with Crippen molar-refractivity contribution < 1.29 is 14.3 Å². The van der Waals surface area contributed by atoms with Crippen molar-refractivity contribution in [1.82, 2.24) is 20.2 Å². The van der Waals surface area contributed by atoms with Crippen LogP contribution in [0.15, 0.2) is 41.6 Å². The van der Waals surface area contributed by atoms with Crippen LogP contribution in [0.3, 0.4) is 0 Å². The molecule has 3 aromatic rings. The maximum absolute atomic E-state index is 12.3. The zero-order valence-electron chi connectivity index (χ0n) is 15.5. The molecule has 4 rings (SSSR count). The fourth-order valence-electron chi connectivity index (χ4n) is 2.74. The second-order valence-electron chi connectivity index (χ2n) is 6.34. The van der Waals surface area contributed by atoms with Crippen LogP contribution in [-0.4, -0.2) is 45.1 Å². The van der Waals surface area contributed by atoms with Crippen LogP contribution < -0.4 is 14.8 Å². The SMILES string of the molecule is Cc1ccc(NC(=O)CSc2nnnn2-c2ccc3c(c2)OCCO3)cc1C. The molecule has 2 aromatic carbocycles. The van der Waals surface area contributed by atoms with Gasteiger partial charge in [0.1, 0.15) is 13.2 Å². The van der Waals surface area contributed by atoms with Gasteiger partial charge in [-0.25, -0.2) is 0 Å². The Morgan fingerprint density at radius 3 is 2.75 bits per heavy atom. The Morgan fingerprint density at radius 1 is 1.11 bits per heavy atom. The van der Waals surface area contributed by atoms with Crippen LogP contribution in [0, 0.1) is 13.8 Å². The van der Waals surface area contributed by atoms with Crippen molar-refractivity contribution in [3.05, 3.63) is 47.5 Å². The van der Waals surface area contributed by atoms with Crippen LogP contribution in [-0.2, 0) is 4.79 Å². The molecule has 1 N–H and O–H groups in total. The molecular weight excluding hydrogens is 378 g/mol. The summed E-state index contributed by atoms with van der Waals surface area (Å²) < 4.78 is 12.7. The van der Waals surface area contributed by atoms with Crippen LogP contribution in [0.2, 0.25) is 0 Å². The van der Waals surface area contributed by atoms with Gasteiger partial charge in [0.25, 0.3) is 0 Å². The number of ether oxygens (including phenoxy) is 2. The van der Waals surface area contributed by atoms with Crippen LogP contribution >= 0.6 is 11.8 Å². The van der Waals surface area contributed by atoms with Gasteiger partial charge in [-0.15, -0.1) is 5.10 Å². The molecule has 0 fully saturated rings. The van der Waals surface area contributed by atoms with Gasteiger partial charge >= 0.3 is 0 Å². The molecule has 0 unspecified atom stereocenters. The summed E-state index contributed by atoms with van der Waals surface area (Å²) in [6, 6.07) is 11.3. The van der Waals surface area contributed by atoms with Gasteiger partial charge in [0.05, 0.1) is 11.4 Å². The monoisotopic (exact) mass is 397 g/mol. The largest absolute Gasteiger partial charge is 0.486 e. The van der Waals surface area contributed by atoms with E-state index in [1.54, 1.807) is 4.68 Å². The zero-order chi connectivity index (χ0) is 19.5. The van der Waals surface area contributed by atoms with E-state index in [-0.39, 0.29) is 11.7 Å². The number of carbonyl (C=O) groups is 1. The van der Waals surface area contributed by atoms with E-state index in [0.29, 0.717) is 29.9 Å². The lowest BCUT2D eigenvalue weighted by molar-refractivity contribution is -0.113. The van der Waals surface area contributed by atoms with Crippen LogP contribution in [0.25, 0.3) is 5.69 Å².